The molecule has 6 nitrogen and oxygen atoms in total. The van der Waals surface area contributed by atoms with Gasteiger partial charge in [0.25, 0.3) is 5.19 Å². The first-order valence-electron chi connectivity index (χ1n) is 10.3. The molecule has 30 heavy (non-hydrogen) atoms. The molecular formula is C23H27N3O3S. The van der Waals surface area contributed by atoms with Gasteiger partial charge in [-0.25, -0.2) is 4.98 Å². The second-order valence-electron chi connectivity index (χ2n) is 8.19. The van der Waals surface area contributed by atoms with Gasteiger partial charge in [-0.05, 0) is 60.4 Å². The number of aromatic hydroxyl groups is 1. The highest BCUT2D eigenvalue weighted by Crippen LogP contribution is 2.41. The van der Waals surface area contributed by atoms with E-state index in [2.05, 4.69) is 29.0 Å². The second kappa shape index (κ2) is 8.60. The van der Waals surface area contributed by atoms with E-state index in [9.17, 15) is 5.11 Å². The average Bonchev–Trinajstić information content (AvgIpc) is 3.22. The van der Waals surface area contributed by atoms with Crippen molar-refractivity contribution >= 4 is 11.3 Å². The van der Waals surface area contributed by atoms with E-state index in [1.54, 1.807) is 19.4 Å². The molecule has 2 heterocycles. The molecular weight excluding hydrogens is 398 g/mol. The Hall–Kier alpha value is -2.67. The lowest BCUT2D eigenvalue weighted by Gasteiger charge is -2.36. The standard InChI is InChI=1S/C23H27N3O3S/c1-4-23(2)10-5-6-17(14-23)29-22-26-25-21(30-22)18-8-7-15(12-19(18)27)16-9-11-24-20(13-16)28-3/h7-9,11-13,17,27H,4-6,10,14H2,1-3H3/t17-,23+/m0/s1. The van der Waals surface area contributed by atoms with Crippen LogP contribution in [0, 0.1) is 5.41 Å². The maximum atomic E-state index is 10.6. The summed E-state index contributed by atoms with van der Waals surface area (Å²) >= 11 is 1.37. The van der Waals surface area contributed by atoms with E-state index in [4.69, 9.17) is 9.47 Å². The van der Waals surface area contributed by atoms with Crippen LogP contribution < -0.4 is 9.47 Å². The molecule has 1 aliphatic carbocycles. The number of pyridine rings is 1. The highest BCUT2D eigenvalue weighted by Gasteiger charge is 2.32. The molecule has 0 spiro atoms. The summed E-state index contributed by atoms with van der Waals surface area (Å²) in [7, 11) is 1.58. The van der Waals surface area contributed by atoms with Gasteiger partial charge in [0.05, 0.1) is 12.7 Å². The quantitative estimate of drug-likeness (QED) is 0.544. The zero-order valence-electron chi connectivity index (χ0n) is 17.6. The maximum Gasteiger partial charge on any atom is 0.294 e. The molecule has 2 atom stereocenters. The highest BCUT2D eigenvalue weighted by atomic mass is 32.1. The van der Waals surface area contributed by atoms with Crippen LogP contribution in [-0.4, -0.2) is 33.5 Å². The summed E-state index contributed by atoms with van der Waals surface area (Å²) in [6.07, 6.45) is 7.58. The van der Waals surface area contributed by atoms with E-state index in [0.29, 0.717) is 27.1 Å². The predicted molar refractivity (Wildman–Crippen MR) is 118 cm³/mol. The molecule has 4 rings (SSSR count). The summed E-state index contributed by atoms with van der Waals surface area (Å²) in [6, 6.07) is 9.23. The number of hydrogen-bond acceptors (Lipinski definition) is 7. The number of aromatic nitrogens is 3. The van der Waals surface area contributed by atoms with Crippen molar-refractivity contribution in [1.82, 2.24) is 15.2 Å². The topological polar surface area (TPSA) is 77.4 Å². The van der Waals surface area contributed by atoms with Crippen LogP contribution in [0.2, 0.25) is 0 Å². The van der Waals surface area contributed by atoms with Crippen LogP contribution in [0.1, 0.15) is 46.0 Å². The van der Waals surface area contributed by atoms with Crippen molar-refractivity contribution in [1.29, 1.82) is 0 Å². The number of nitrogens with zero attached hydrogens (tertiary/aromatic N) is 3. The van der Waals surface area contributed by atoms with Gasteiger partial charge in [0.2, 0.25) is 5.88 Å². The zero-order chi connectivity index (χ0) is 21.1. The fourth-order valence-electron chi connectivity index (χ4n) is 4.03. The molecule has 0 unspecified atom stereocenters. The summed E-state index contributed by atoms with van der Waals surface area (Å²) in [4.78, 5) is 4.12. The SMILES string of the molecule is CC[C@]1(C)CCC[C@H](Oc2nnc(-c3ccc(-c4ccnc(OC)c4)cc3O)s2)C1. The Kier molecular flexibility index (Phi) is 5.90. The Balaban J connectivity index is 1.50. The Morgan fingerprint density at radius 2 is 2.03 bits per heavy atom. The lowest BCUT2D eigenvalue weighted by molar-refractivity contribution is 0.0712. The molecule has 0 aliphatic heterocycles. The van der Waals surface area contributed by atoms with Crippen LogP contribution in [0.25, 0.3) is 21.7 Å². The number of phenolic OH excluding ortho intramolecular Hbond substituents is 1. The predicted octanol–water partition coefficient (Wildman–Crippen LogP) is 5.72. The van der Waals surface area contributed by atoms with Gasteiger partial charge in [0.15, 0.2) is 5.01 Å². The van der Waals surface area contributed by atoms with Gasteiger partial charge in [-0.1, -0.05) is 42.8 Å². The average molecular weight is 426 g/mol. The molecule has 2 aromatic heterocycles. The minimum atomic E-state index is 0.155. The monoisotopic (exact) mass is 425 g/mol. The van der Waals surface area contributed by atoms with Crippen molar-refractivity contribution in [2.75, 3.05) is 7.11 Å². The highest BCUT2D eigenvalue weighted by molar-refractivity contribution is 7.16. The molecule has 3 aromatic rings. The van der Waals surface area contributed by atoms with Crippen LogP contribution in [0.15, 0.2) is 36.5 Å². The Bertz CT molecular complexity index is 1020. The Labute approximate surface area is 180 Å². The van der Waals surface area contributed by atoms with Crippen molar-refractivity contribution in [2.24, 2.45) is 5.41 Å². The lowest BCUT2D eigenvalue weighted by atomic mass is 9.73. The van der Waals surface area contributed by atoms with E-state index in [1.807, 2.05) is 24.3 Å². The molecule has 1 aliphatic rings. The zero-order valence-corrected chi connectivity index (χ0v) is 18.4. The summed E-state index contributed by atoms with van der Waals surface area (Å²) in [6.45, 7) is 4.59. The van der Waals surface area contributed by atoms with E-state index in [0.717, 1.165) is 30.4 Å². The normalized spacial score (nSPS) is 21.4. The van der Waals surface area contributed by atoms with Crippen LogP contribution >= 0.6 is 11.3 Å². The maximum absolute atomic E-state index is 10.6. The fourth-order valence-corrected chi connectivity index (χ4v) is 4.83. The van der Waals surface area contributed by atoms with Crippen molar-refractivity contribution in [3.8, 4) is 38.5 Å². The van der Waals surface area contributed by atoms with Crippen molar-refractivity contribution in [2.45, 2.75) is 52.1 Å². The van der Waals surface area contributed by atoms with Gasteiger partial charge >= 0.3 is 0 Å². The first kappa shape index (κ1) is 20.6. The molecule has 1 saturated carbocycles. The minimum Gasteiger partial charge on any atom is -0.507 e. The molecule has 1 N–H and O–H groups in total. The van der Waals surface area contributed by atoms with Crippen molar-refractivity contribution < 1.29 is 14.6 Å². The van der Waals surface area contributed by atoms with Crippen molar-refractivity contribution in [3.05, 3.63) is 36.5 Å². The molecule has 1 fully saturated rings. The minimum absolute atomic E-state index is 0.155. The number of methoxy groups -OCH3 is 1. The molecule has 158 valence electrons. The summed E-state index contributed by atoms with van der Waals surface area (Å²) in [5.41, 5.74) is 2.79. The number of phenols is 1. The number of hydrogen-bond donors (Lipinski definition) is 1. The molecule has 0 bridgehead atoms. The van der Waals surface area contributed by atoms with E-state index in [-0.39, 0.29) is 11.9 Å². The van der Waals surface area contributed by atoms with Crippen LogP contribution in [-0.2, 0) is 0 Å². The van der Waals surface area contributed by atoms with Crippen LogP contribution in [0.4, 0.5) is 0 Å². The van der Waals surface area contributed by atoms with Crippen LogP contribution in [0.3, 0.4) is 0 Å². The molecule has 0 amide bonds. The second-order valence-corrected chi connectivity index (χ2v) is 9.13. The third kappa shape index (κ3) is 4.41. The Morgan fingerprint density at radius 1 is 1.20 bits per heavy atom. The number of ether oxygens (including phenoxy) is 2. The largest absolute Gasteiger partial charge is 0.507 e. The third-order valence-corrected chi connectivity index (χ3v) is 6.91. The van der Waals surface area contributed by atoms with Crippen molar-refractivity contribution in [3.63, 3.8) is 0 Å². The van der Waals surface area contributed by atoms with Gasteiger partial charge in [-0.2, -0.15) is 0 Å². The smallest absolute Gasteiger partial charge is 0.294 e. The number of rotatable bonds is 6. The first-order chi connectivity index (χ1) is 14.5. The molecule has 1 aromatic carbocycles. The Morgan fingerprint density at radius 3 is 2.80 bits per heavy atom. The van der Waals surface area contributed by atoms with E-state index >= 15 is 0 Å². The van der Waals surface area contributed by atoms with Gasteiger partial charge < -0.3 is 14.6 Å². The van der Waals surface area contributed by atoms with Gasteiger partial charge in [0, 0.05) is 12.3 Å². The third-order valence-electron chi connectivity index (χ3n) is 6.06. The summed E-state index contributed by atoms with van der Waals surface area (Å²) in [5.74, 6) is 0.686. The van der Waals surface area contributed by atoms with Gasteiger partial charge in [-0.15, -0.1) is 5.10 Å². The van der Waals surface area contributed by atoms with E-state index in [1.165, 1.54) is 24.2 Å². The molecule has 0 radical (unpaired) electrons. The van der Waals surface area contributed by atoms with Gasteiger partial charge in [0.1, 0.15) is 11.9 Å². The summed E-state index contributed by atoms with van der Waals surface area (Å²) < 4.78 is 11.3. The first-order valence-corrected chi connectivity index (χ1v) is 11.2. The van der Waals surface area contributed by atoms with Crippen LogP contribution in [0.5, 0.6) is 16.8 Å². The lowest BCUT2D eigenvalue weighted by Crippen LogP contribution is -2.31. The summed E-state index contributed by atoms with van der Waals surface area (Å²) in [5, 5.41) is 20.3. The van der Waals surface area contributed by atoms with Gasteiger partial charge in [-0.3, -0.25) is 0 Å². The molecule has 0 saturated heterocycles. The number of benzene rings is 1. The molecule has 7 heteroatoms. The fraction of sp³-hybridized carbons (Fsp3) is 0.435. The van der Waals surface area contributed by atoms with E-state index < -0.39 is 0 Å².